The Kier molecular flexibility index (Phi) is 3.83. The van der Waals surface area contributed by atoms with Crippen LogP contribution in [0.3, 0.4) is 0 Å². The molecule has 1 aliphatic rings. The number of nitrogens with two attached hydrogens (primary N) is 1. The molecule has 0 spiro atoms. The van der Waals surface area contributed by atoms with Gasteiger partial charge in [-0.25, -0.2) is 0 Å². The number of halogens is 1. The van der Waals surface area contributed by atoms with Gasteiger partial charge < -0.3 is 11.1 Å². The van der Waals surface area contributed by atoms with Gasteiger partial charge in [-0.05, 0) is 52.9 Å². The number of fused-ring (bicyclic) bond motifs is 1. The van der Waals surface area contributed by atoms with E-state index in [0.29, 0.717) is 6.04 Å². The zero-order valence-electron chi connectivity index (χ0n) is 11.7. The molecule has 1 heterocycles. The molecule has 3 N–H and O–H groups in total. The fourth-order valence-electron chi connectivity index (χ4n) is 2.64. The first kappa shape index (κ1) is 13.7. The van der Waals surface area contributed by atoms with E-state index in [1.54, 1.807) is 0 Å². The van der Waals surface area contributed by atoms with Crippen molar-refractivity contribution in [2.24, 2.45) is 5.92 Å². The second-order valence-electron chi connectivity index (χ2n) is 5.68. The monoisotopic (exact) mass is 333 g/mol. The van der Waals surface area contributed by atoms with Gasteiger partial charge in [0.25, 0.3) is 0 Å². The van der Waals surface area contributed by atoms with Crippen molar-refractivity contribution in [3.8, 4) is 0 Å². The van der Waals surface area contributed by atoms with Gasteiger partial charge in [0.05, 0.1) is 11.2 Å². The molecule has 1 saturated carbocycles. The average Bonchev–Trinajstić information content (AvgIpc) is 3.25. The van der Waals surface area contributed by atoms with Crippen molar-refractivity contribution in [2.75, 3.05) is 11.1 Å². The summed E-state index contributed by atoms with van der Waals surface area (Å²) < 4.78 is 0.957. The molecule has 2 aromatic rings. The average molecular weight is 334 g/mol. The van der Waals surface area contributed by atoms with Crippen LogP contribution in [0.1, 0.15) is 32.6 Å². The van der Waals surface area contributed by atoms with Crippen molar-refractivity contribution in [3.05, 3.63) is 28.9 Å². The molecule has 3 rings (SSSR count). The van der Waals surface area contributed by atoms with Crippen LogP contribution in [0, 0.1) is 5.92 Å². The molecule has 3 nitrogen and oxygen atoms in total. The van der Waals surface area contributed by atoms with E-state index in [1.807, 2.05) is 24.4 Å². The number of rotatable bonds is 5. The minimum Gasteiger partial charge on any atom is -0.398 e. The first-order valence-corrected chi connectivity index (χ1v) is 8.07. The maximum Gasteiger partial charge on any atom is 0.0954 e. The summed E-state index contributed by atoms with van der Waals surface area (Å²) in [5.41, 5.74) is 8.88. The van der Waals surface area contributed by atoms with E-state index < -0.39 is 0 Å². The summed E-state index contributed by atoms with van der Waals surface area (Å²) in [7, 11) is 0. The zero-order chi connectivity index (χ0) is 14.1. The highest BCUT2D eigenvalue weighted by molar-refractivity contribution is 9.10. The smallest absolute Gasteiger partial charge is 0.0954 e. The molecular formula is C16H20BrN3. The van der Waals surface area contributed by atoms with Crippen LogP contribution in [0.25, 0.3) is 10.9 Å². The lowest BCUT2D eigenvalue weighted by Crippen LogP contribution is -2.19. The van der Waals surface area contributed by atoms with Gasteiger partial charge in [0.2, 0.25) is 0 Å². The van der Waals surface area contributed by atoms with E-state index in [2.05, 4.69) is 33.2 Å². The van der Waals surface area contributed by atoms with E-state index in [-0.39, 0.29) is 0 Å². The Labute approximate surface area is 128 Å². The summed E-state index contributed by atoms with van der Waals surface area (Å²) in [6, 6.07) is 6.57. The molecule has 1 aliphatic carbocycles. The maximum atomic E-state index is 6.06. The Morgan fingerprint density at radius 3 is 2.95 bits per heavy atom. The molecule has 0 bridgehead atoms. The summed E-state index contributed by atoms with van der Waals surface area (Å²) in [5, 5.41) is 4.66. The number of hydrogen-bond acceptors (Lipinski definition) is 3. The number of nitrogens with one attached hydrogen (secondary N) is 1. The SMILES string of the molecule is CCC(CC1CC1)Nc1ccc(N)c2cc(Br)cnc12. The predicted octanol–water partition coefficient (Wildman–Crippen LogP) is 4.57. The molecular weight excluding hydrogens is 314 g/mol. The minimum absolute atomic E-state index is 0.528. The van der Waals surface area contributed by atoms with E-state index in [9.17, 15) is 0 Å². The summed E-state index contributed by atoms with van der Waals surface area (Å²) in [4.78, 5) is 4.53. The summed E-state index contributed by atoms with van der Waals surface area (Å²) in [6.45, 7) is 2.24. The fourth-order valence-corrected chi connectivity index (χ4v) is 2.97. The molecule has 0 amide bonds. The molecule has 1 fully saturated rings. The van der Waals surface area contributed by atoms with Gasteiger partial charge >= 0.3 is 0 Å². The van der Waals surface area contributed by atoms with Gasteiger partial charge in [-0.1, -0.05) is 19.8 Å². The van der Waals surface area contributed by atoms with Crippen molar-refractivity contribution in [2.45, 2.75) is 38.6 Å². The van der Waals surface area contributed by atoms with Gasteiger partial charge in [0.1, 0.15) is 0 Å². The third-order valence-electron chi connectivity index (χ3n) is 4.02. The highest BCUT2D eigenvalue weighted by atomic mass is 79.9. The number of nitrogens with zero attached hydrogens (tertiary/aromatic N) is 1. The number of aromatic nitrogens is 1. The van der Waals surface area contributed by atoms with Gasteiger partial charge in [0.15, 0.2) is 0 Å². The summed E-state index contributed by atoms with van der Waals surface area (Å²) >= 11 is 3.46. The van der Waals surface area contributed by atoms with Crippen LogP contribution in [0.15, 0.2) is 28.9 Å². The molecule has 20 heavy (non-hydrogen) atoms. The largest absolute Gasteiger partial charge is 0.398 e. The number of benzene rings is 1. The van der Waals surface area contributed by atoms with Crippen molar-refractivity contribution < 1.29 is 0 Å². The summed E-state index contributed by atoms with van der Waals surface area (Å²) in [6.07, 6.45) is 7.02. The number of hydrogen-bond donors (Lipinski definition) is 2. The molecule has 1 atom stereocenters. The first-order chi connectivity index (χ1) is 9.67. The highest BCUT2D eigenvalue weighted by Crippen LogP contribution is 2.36. The maximum absolute atomic E-state index is 6.06. The van der Waals surface area contributed by atoms with E-state index in [0.717, 1.165) is 39.1 Å². The van der Waals surface area contributed by atoms with Crippen LogP contribution in [0.2, 0.25) is 0 Å². The van der Waals surface area contributed by atoms with Crippen molar-refractivity contribution in [1.29, 1.82) is 0 Å². The molecule has 1 unspecified atom stereocenters. The van der Waals surface area contributed by atoms with Crippen molar-refractivity contribution in [1.82, 2.24) is 4.98 Å². The standard InChI is InChI=1S/C16H20BrN3/c1-2-12(7-10-3-4-10)20-15-6-5-14(18)13-8-11(17)9-19-16(13)15/h5-6,8-10,12,20H,2-4,7,18H2,1H3. The fraction of sp³-hybridized carbons (Fsp3) is 0.438. The second kappa shape index (κ2) is 5.60. The van der Waals surface area contributed by atoms with Crippen LogP contribution >= 0.6 is 15.9 Å². The third-order valence-corrected chi connectivity index (χ3v) is 4.45. The second-order valence-corrected chi connectivity index (χ2v) is 6.60. The number of anilines is 2. The van der Waals surface area contributed by atoms with Gasteiger partial charge in [-0.2, -0.15) is 0 Å². The van der Waals surface area contributed by atoms with Crippen LogP contribution in [-0.4, -0.2) is 11.0 Å². The Balaban J connectivity index is 1.92. The quantitative estimate of drug-likeness (QED) is 0.788. The highest BCUT2D eigenvalue weighted by Gasteiger charge is 2.25. The number of nitrogen functional groups attached to an aromatic ring is 1. The van der Waals surface area contributed by atoms with E-state index in [1.165, 1.54) is 19.3 Å². The Bertz CT molecular complexity index is 622. The Hall–Kier alpha value is -1.29. The molecule has 1 aromatic heterocycles. The Morgan fingerprint density at radius 2 is 2.25 bits per heavy atom. The normalized spacial score (nSPS) is 16.3. The van der Waals surface area contributed by atoms with Crippen LogP contribution in [0.4, 0.5) is 11.4 Å². The molecule has 106 valence electrons. The molecule has 1 aromatic carbocycles. The topological polar surface area (TPSA) is 50.9 Å². The van der Waals surface area contributed by atoms with Crippen LogP contribution in [-0.2, 0) is 0 Å². The van der Waals surface area contributed by atoms with Gasteiger partial charge in [0, 0.05) is 27.8 Å². The minimum atomic E-state index is 0.528. The van der Waals surface area contributed by atoms with Crippen LogP contribution in [0.5, 0.6) is 0 Å². The van der Waals surface area contributed by atoms with E-state index in [4.69, 9.17) is 5.73 Å². The third kappa shape index (κ3) is 2.90. The first-order valence-electron chi connectivity index (χ1n) is 7.27. The lowest BCUT2D eigenvalue weighted by molar-refractivity contribution is 0.587. The van der Waals surface area contributed by atoms with Crippen molar-refractivity contribution >= 4 is 38.2 Å². The predicted molar refractivity (Wildman–Crippen MR) is 88.9 cm³/mol. The summed E-state index contributed by atoms with van der Waals surface area (Å²) in [5.74, 6) is 0.926. The van der Waals surface area contributed by atoms with Crippen LogP contribution < -0.4 is 11.1 Å². The molecule has 4 heteroatoms. The lowest BCUT2D eigenvalue weighted by Gasteiger charge is -2.19. The van der Waals surface area contributed by atoms with Gasteiger partial charge in [-0.15, -0.1) is 0 Å². The Morgan fingerprint density at radius 1 is 1.45 bits per heavy atom. The molecule has 0 radical (unpaired) electrons. The number of pyridine rings is 1. The van der Waals surface area contributed by atoms with Crippen molar-refractivity contribution in [3.63, 3.8) is 0 Å². The van der Waals surface area contributed by atoms with Gasteiger partial charge in [-0.3, -0.25) is 4.98 Å². The van der Waals surface area contributed by atoms with E-state index >= 15 is 0 Å². The molecule has 0 saturated heterocycles. The zero-order valence-corrected chi connectivity index (χ0v) is 13.3. The molecule has 0 aliphatic heterocycles. The lowest BCUT2D eigenvalue weighted by atomic mass is 10.1.